The Balaban J connectivity index is 1.74. The maximum absolute atomic E-state index is 9.42. The van der Waals surface area contributed by atoms with E-state index in [9.17, 15) is 5.26 Å². The lowest BCUT2D eigenvalue weighted by molar-refractivity contribution is 0.527. The zero-order valence-electron chi connectivity index (χ0n) is 14.4. The van der Waals surface area contributed by atoms with Crippen molar-refractivity contribution in [3.05, 3.63) is 40.5 Å². The van der Waals surface area contributed by atoms with E-state index in [1.807, 2.05) is 43.3 Å². The summed E-state index contributed by atoms with van der Waals surface area (Å²) in [6.07, 6.45) is 3.89. The van der Waals surface area contributed by atoms with Crippen LogP contribution < -0.4 is 15.1 Å². The molecule has 1 unspecified atom stereocenters. The zero-order valence-corrected chi connectivity index (χ0v) is 16.0. The number of hydrogen-bond donors (Lipinski definition) is 1. The van der Waals surface area contributed by atoms with Crippen molar-refractivity contribution >= 4 is 33.4 Å². The summed E-state index contributed by atoms with van der Waals surface area (Å²) in [5.41, 5.74) is 1.68. The van der Waals surface area contributed by atoms with Gasteiger partial charge < -0.3 is 15.1 Å². The zero-order chi connectivity index (χ0) is 17.8. The van der Waals surface area contributed by atoms with Gasteiger partial charge in [-0.2, -0.15) is 10.2 Å². The van der Waals surface area contributed by atoms with Crippen molar-refractivity contribution in [2.45, 2.75) is 18.9 Å². The van der Waals surface area contributed by atoms with E-state index in [1.54, 1.807) is 6.20 Å². The highest BCUT2D eigenvalue weighted by atomic mass is 79.9. The van der Waals surface area contributed by atoms with Crippen molar-refractivity contribution in [1.82, 2.24) is 9.97 Å². The van der Waals surface area contributed by atoms with Crippen LogP contribution in [0.5, 0.6) is 0 Å². The number of nitrogens with one attached hydrogen (secondary N) is 1. The Kier molecular flexibility index (Phi) is 5.39. The Labute approximate surface area is 156 Å². The predicted molar refractivity (Wildman–Crippen MR) is 104 cm³/mol. The predicted octanol–water partition coefficient (Wildman–Crippen LogP) is 3.26. The quantitative estimate of drug-likeness (QED) is 0.849. The van der Waals surface area contributed by atoms with Crippen LogP contribution in [0.25, 0.3) is 0 Å². The highest BCUT2D eigenvalue weighted by Gasteiger charge is 2.22. The second-order valence-corrected chi connectivity index (χ2v) is 7.25. The molecule has 1 fully saturated rings. The molecular formula is C18H21BrN6. The second-order valence-electron chi connectivity index (χ2n) is 6.34. The van der Waals surface area contributed by atoms with Crippen molar-refractivity contribution in [3.8, 4) is 6.07 Å². The second kappa shape index (κ2) is 7.70. The molecule has 0 amide bonds. The molecule has 0 saturated carbocycles. The third-order valence-corrected chi connectivity index (χ3v) is 4.77. The smallest absolute Gasteiger partial charge is 0.224 e. The van der Waals surface area contributed by atoms with Gasteiger partial charge in [0.2, 0.25) is 5.95 Å². The summed E-state index contributed by atoms with van der Waals surface area (Å²) in [4.78, 5) is 13.1. The monoisotopic (exact) mass is 400 g/mol. The van der Waals surface area contributed by atoms with Crippen LogP contribution in [-0.4, -0.2) is 43.2 Å². The number of hydrogen-bond acceptors (Lipinski definition) is 6. The first-order valence-electron chi connectivity index (χ1n) is 8.28. The molecule has 1 aliphatic heterocycles. The minimum atomic E-state index is 0.251. The van der Waals surface area contributed by atoms with Gasteiger partial charge in [-0.05, 0) is 37.1 Å². The molecule has 6 nitrogen and oxygen atoms in total. The molecule has 3 rings (SSSR count). The summed E-state index contributed by atoms with van der Waals surface area (Å²) >= 11 is 3.43. The van der Waals surface area contributed by atoms with Crippen molar-refractivity contribution in [1.29, 1.82) is 5.26 Å². The molecule has 1 aliphatic rings. The maximum Gasteiger partial charge on any atom is 0.224 e. The molecule has 1 atom stereocenters. The van der Waals surface area contributed by atoms with Crippen LogP contribution in [0.15, 0.2) is 34.9 Å². The normalized spacial score (nSPS) is 17.0. The first-order valence-corrected chi connectivity index (χ1v) is 9.07. The first kappa shape index (κ1) is 17.5. The van der Waals surface area contributed by atoms with Gasteiger partial charge in [-0.3, -0.25) is 0 Å². The lowest BCUT2D eigenvalue weighted by Gasteiger charge is -2.35. The molecule has 25 heavy (non-hydrogen) atoms. The van der Waals surface area contributed by atoms with E-state index in [2.05, 4.69) is 42.2 Å². The van der Waals surface area contributed by atoms with Crippen molar-refractivity contribution in [3.63, 3.8) is 0 Å². The molecule has 2 aromatic rings. The third-order valence-electron chi connectivity index (χ3n) is 4.27. The Morgan fingerprint density at radius 2 is 2.20 bits per heavy atom. The van der Waals surface area contributed by atoms with Gasteiger partial charge in [0.15, 0.2) is 0 Å². The number of rotatable bonds is 4. The van der Waals surface area contributed by atoms with Crippen LogP contribution in [0.4, 0.5) is 17.5 Å². The maximum atomic E-state index is 9.42. The minimum absolute atomic E-state index is 0.251. The largest absolute Gasteiger partial charge is 0.368 e. The van der Waals surface area contributed by atoms with Gasteiger partial charge in [0, 0.05) is 43.9 Å². The molecule has 0 radical (unpaired) electrons. The van der Waals surface area contributed by atoms with E-state index >= 15 is 0 Å². The Hall–Kier alpha value is -2.33. The molecule has 7 heteroatoms. The van der Waals surface area contributed by atoms with E-state index < -0.39 is 0 Å². The van der Waals surface area contributed by atoms with E-state index in [1.165, 1.54) is 0 Å². The standard InChI is InChI=1S/C18H21BrN6/c1-24(2)17-7-8-21-18(23-17)22-15-4-3-9-25(12-15)16-6-5-14(19)10-13(16)11-20/h5-8,10,15H,3-4,9,12H2,1-2H3,(H,21,22,23). The number of nitriles is 1. The van der Waals surface area contributed by atoms with Crippen molar-refractivity contribution in [2.24, 2.45) is 0 Å². The van der Waals surface area contributed by atoms with E-state index in [4.69, 9.17) is 0 Å². The summed E-state index contributed by atoms with van der Waals surface area (Å²) in [6, 6.07) is 10.3. The number of aromatic nitrogens is 2. The van der Waals surface area contributed by atoms with Gasteiger partial charge >= 0.3 is 0 Å². The summed E-state index contributed by atoms with van der Waals surface area (Å²) in [7, 11) is 3.93. The van der Waals surface area contributed by atoms with Crippen LogP contribution in [0.2, 0.25) is 0 Å². The molecule has 1 aromatic carbocycles. The fourth-order valence-electron chi connectivity index (χ4n) is 3.04. The fourth-order valence-corrected chi connectivity index (χ4v) is 3.40. The van der Waals surface area contributed by atoms with Gasteiger partial charge in [0.1, 0.15) is 11.9 Å². The highest BCUT2D eigenvalue weighted by molar-refractivity contribution is 9.10. The average molecular weight is 401 g/mol. The molecule has 1 aromatic heterocycles. The summed E-state index contributed by atoms with van der Waals surface area (Å²) in [6.45, 7) is 1.78. The van der Waals surface area contributed by atoms with E-state index in [0.717, 1.165) is 41.9 Å². The van der Waals surface area contributed by atoms with E-state index in [0.29, 0.717) is 11.5 Å². The number of piperidine rings is 1. The van der Waals surface area contributed by atoms with Crippen molar-refractivity contribution in [2.75, 3.05) is 42.3 Å². The molecular weight excluding hydrogens is 380 g/mol. The average Bonchev–Trinajstić information content (AvgIpc) is 2.62. The molecule has 1 N–H and O–H groups in total. The highest BCUT2D eigenvalue weighted by Crippen LogP contribution is 2.27. The number of halogens is 1. The number of nitrogens with zero attached hydrogens (tertiary/aromatic N) is 5. The summed E-state index contributed by atoms with van der Waals surface area (Å²) < 4.78 is 0.924. The van der Waals surface area contributed by atoms with Gasteiger partial charge in [-0.25, -0.2) is 4.98 Å². The van der Waals surface area contributed by atoms with Crippen LogP contribution in [0.3, 0.4) is 0 Å². The van der Waals surface area contributed by atoms with Gasteiger partial charge in [-0.1, -0.05) is 15.9 Å². The lowest BCUT2D eigenvalue weighted by atomic mass is 10.0. The van der Waals surface area contributed by atoms with Crippen LogP contribution in [0.1, 0.15) is 18.4 Å². The molecule has 0 bridgehead atoms. The minimum Gasteiger partial charge on any atom is -0.368 e. The molecule has 2 heterocycles. The van der Waals surface area contributed by atoms with Crippen LogP contribution in [0, 0.1) is 11.3 Å². The third kappa shape index (κ3) is 4.20. The van der Waals surface area contributed by atoms with Crippen LogP contribution >= 0.6 is 15.9 Å². The molecule has 0 spiro atoms. The molecule has 130 valence electrons. The number of benzene rings is 1. The Bertz CT molecular complexity index is 785. The van der Waals surface area contributed by atoms with Gasteiger partial charge in [0.25, 0.3) is 0 Å². The fraction of sp³-hybridized carbons (Fsp3) is 0.389. The summed E-state index contributed by atoms with van der Waals surface area (Å²) in [5.74, 6) is 1.53. The first-order chi connectivity index (χ1) is 12.1. The van der Waals surface area contributed by atoms with Crippen molar-refractivity contribution < 1.29 is 0 Å². The Morgan fingerprint density at radius 1 is 1.36 bits per heavy atom. The van der Waals surface area contributed by atoms with Gasteiger partial charge in [0.05, 0.1) is 11.3 Å². The SMILES string of the molecule is CN(C)c1ccnc(NC2CCCN(c3ccc(Br)cc3C#N)C2)n1. The number of anilines is 3. The molecule has 1 saturated heterocycles. The summed E-state index contributed by atoms with van der Waals surface area (Å²) in [5, 5.41) is 12.9. The van der Waals surface area contributed by atoms with E-state index in [-0.39, 0.29) is 6.04 Å². The lowest BCUT2D eigenvalue weighted by Crippen LogP contribution is -2.42. The molecule has 0 aliphatic carbocycles. The Morgan fingerprint density at radius 3 is 2.96 bits per heavy atom. The van der Waals surface area contributed by atoms with Gasteiger partial charge in [-0.15, -0.1) is 0 Å². The topological polar surface area (TPSA) is 68.1 Å². The van der Waals surface area contributed by atoms with Crippen LogP contribution in [-0.2, 0) is 0 Å².